The lowest BCUT2D eigenvalue weighted by Crippen LogP contribution is -2.52. The molecule has 4 rings (SSSR count). The van der Waals surface area contributed by atoms with Gasteiger partial charge in [0.1, 0.15) is 0 Å². The summed E-state index contributed by atoms with van der Waals surface area (Å²) in [5, 5.41) is 5.39. The van der Waals surface area contributed by atoms with Crippen molar-refractivity contribution in [3.05, 3.63) is 23.0 Å². The molecule has 6 nitrogen and oxygen atoms in total. The van der Waals surface area contributed by atoms with Crippen LogP contribution in [0, 0.1) is 13.8 Å². The summed E-state index contributed by atoms with van der Waals surface area (Å²) in [5.74, 6) is 0.130. The summed E-state index contributed by atoms with van der Waals surface area (Å²) in [5.41, 5.74) is 3.29. The van der Waals surface area contributed by atoms with E-state index in [2.05, 4.69) is 33.7 Å². The molecule has 3 atom stereocenters. The summed E-state index contributed by atoms with van der Waals surface area (Å²) in [6.45, 7) is 10.2. The molecule has 0 radical (unpaired) electrons. The number of pyridine rings is 1. The molecule has 2 aliphatic rings. The van der Waals surface area contributed by atoms with E-state index >= 15 is 0 Å². The number of aromatic nitrogens is 3. The molecular formula is C21H31N5O. The molecule has 6 heteroatoms. The second kappa shape index (κ2) is 6.89. The zero-order chi connectivity index (χ0) is 19.3. The summed E-state index contributed by atoms with van der Waals surface area (Å²) in [4.78, 5) is 22.8. The Morgan fingerprint density at radius 3 is 2.56 bits per heavy atom. The lowest BCUT2D eigenvalue weighted by molar-refractivity contribution is 0.0488. The first kappa shape index (κ1) is 18.4. The quantitative estimate of drug-likeness (QED) is 0.816. The van der Waals surface area contributed by atoms with E-state index in [1.54, 1.807) is 4.68 Å². The maximum atomic E-state index is 13.5. The Labute approximate surface area is 161 Å². The lowest BCUT2D eigenvalue weighted by Gasteiger charge is -2.41. The maximum absolute atomic E-state index is 13.5. The minimum Gasteiger partial charge on any atom is -0.337 e. The number of hydrogen-bond acceptors (Lipinski definition) is 4. The molecule has 4 heterocycles. The van der Waals surface area contributed by atoms with Gasteiger partial charge in [-0.05, 0) is 59.4 Å². The van der Waals surface area contributed by atoms with Crippen LogP contribution in [0.2, 0.25) is 0 Å². The van der Waals surface area contributed by atoms with Crippen LogP contribution >= 0.6 is 0 Å². The van der Waals surface area contributed by atoms with Gasteiger partial charge in [0.05, 0.1) is 16.6 Å². The first-order chi connectivity index (χ1) is 12.9. The van der Waals surface area contributed by atoms with Gasteiger partial charge in [0, 0.05) is 44.0 Å². The summed E-state index contributed by atoms with van der Waals surface area (Å²) in [6.07, 6.45) is 4.80. The highest BCUT2D eigenvalue weighted by molar-refractivity contribution is 6.06. The van der Waals surface area contributed by atoms with Gasteiger partial charge in [-0.2, -0.15) is 5.10 Å². The highest BCUT2D eigenvalue weighted by atomic mass is 16.2. The van der Waals surface area contributed by atoms with Gasteiger partial charge in [0.15, 0.2) is 5.65 Å². The van der Waals surface area contributed by atoms with Crippen LogP contribution < -0.4 is 0 Å². The zero-order valence-corrected chi connectivity index (χ0v) is 17.2. The minimum atomic E-state index is 0.130. The van der Waals surface area contributed by atoms with Crippen molar-refractivity contribution >= 4 is 16.9 Å². The molecular weight excluding hydrogens is 338 g/mol. The number of carbonyl (C=O) groups is 1. The molecule has 0 saturated carbocycles. The molecule has 0 aliphatic carbocycles. The molecule has 2 aliphatic heterocycles. The fraction of sp³-hybridized carbons (Fsp3) is 0.667. The number of rotatable bonds is 2. The molecule has 27 heavy (non-hydrogen) atoms. The Morgan fingerprint density at radius 2 is 1.85 bits per heavy atom. The van der Waals surface area contributed by atoms with Crippen molar-refractivity contribution < 1.29 is 4.79 Å². The molecule has 0 N–H and O–H groups in total. The van der Waals surface area contributed by atoms with E-state index in [-0.39, 0.29) is 5.91 Å². The number of piperidine rings is 1. The van der Waals surface area contributed by atoms with Gasteiger partial charge in [0.25, 0.3) is 5.91 Å². The van der Waals surface area contributed by atoms with Crippen molar-refractivity contribution in [3.63, 3.8) is 0 Å². The Kier molecular flexibility index (Phi) is 4.70. The van der Waals surface area contributed by atoms with Gasteiger partial charge < -0.3 is 4.90 Å². The zero-order valence-electron chi connectivity index (χ0n) is 17.2. The monoisotopic (exact) mass is 369 g/mol. The number of hydrogen-bond donors (Lipinski definition) is 0. The first-order valence-electron chi connectivity index (χ1n) is 10.2. The van der Waals surface area contributed by atoms with E-state index < -0.39 is 0 Å². The third-order valence-electron chi connectivity index (χ3n) is 6.45. The first-order valence-corrected chi connectivity index (χ1v) is 10.2. The van der Waals surface area contributed by atoms with Crippen molar-refractivity contribution in [3.8, 4) is 0 Å². The Bertz CT molecular complexity index is 863. The maximum Gasteiger partial charge on any atom is 0.254 e. The predicted octanol–water partition coefficient (Wildman–Crippen LogP) is 3.06. The topological polar surface area (TPSA) is 54.3 Å². The van der Waals surface area contributed by atoms with Crippen LogP contribution in [0.25, 0.3) is 11.0 Å². The van der Waals surface area contributed by atoms with Gasteiger partial charge in [-0.3, -0.25) is 14.4 Å². The van der Waals surface area contributed by atoms with Gasteiger partial charge >= 0.3 is 0 Å². The van der Waals surface area contributed by atoms with Crippen molar-refractivity contribution in [2.45, 2.75) is 71.5 Å². The standard InChI is InChI=1S/C21H31N5O/c1-13-11-18(19-16(4)23-24(5)20(19)22-13)21(27)25-10-6-7-17(12-25)26-14(2)8-9-15(26)3/h11,14-15,17H,6-10,12H2,1-5H3/t14-,15+,17-/m0/s1. The third-order valence-corrected chi connectivity index (χ3v) is 6.45. The number of fused-ring (bicyclic) bond motifs is 1. The van der Waals surface area contributed by atoms with E-state index in [1.807, 2.05) is 27.0 Å². The largest absolute Gasteiger partial charge is 0.337 e. The minimum absolute atomic E-state index is 0.130. The van der Waals surface area contributed by atoms with E-state index in [4.69, 9.17) is 0 Å². The van der Waals surface area contributed by atoms with E-state index in [9.17, 15) is 4.79 Å². The van der Waals surface area contributed by atoms with Gasteiger partial charge in [0.2, 0.25) is 0 Å². The molecule has 146 valence electrons. The van der Waals surface area contributed by atoms with Crippen LogP contribution in [0.4, 0.5) is 0 Å². The SMILES string of the molecule is Cc1cc(C(=O)N2CCC[C@H](N3[C@H](C)CC[C@@H]3C)C2)c2c(C)nn(C)c2n1. The van der Waals surface area contributed by atoms with Crippen LogP contribution in [0.1, 0.15) is 61.3 Å². The van der Waals surface area contributed by atoms with Crippen LogP contribution in [-0.2, 0) is 7.05 Å². The number of carbonyl (C=O) groups excluding carboxylic acids is 1. The van der Waals surface area contributed by atoms with Crippen LogP contribution in [0.3, 0.4) is 0 Å². The van der Waals surface area contributed by atoms with E-state index in [0.29, 0.717) is 18.1 Å². The molecule has 2 aromatic rings. The fourth-order valence-electron chi connectivity index (χ4n) is 5.23. The van der Waals surface area contributed by atoms with Crippen LogP contribution in [0.15, 0.2) is 6.07 Å². The number of likely N-dealkylation sites (tertiary alicyclic amines) is 2. The average molecular weight is 370 g/mol. The normalized spacial score (nSPS) is 26.9. The van der Waals surface area contributed by atoms with Crippen LogP contribution in [0.5, 0.6) is 0 Å². The molecule has 2 aromatic heterocycles. The average Bonchev–Trinajstić information content (AvgIpc) is 3.12. The second-order valence-corrected chi connectivity index (χ2v) is 8.49. The Hall–Kier alpha value is -1.95. The number of amides is 1. The van der Waals surface area contributed by atoms with E-state index in [0.717, 1.165) is 47.5 Å². The smallest absolute Gasteiger partial charge is 0.254 e. The van der Waals surface area contributed by atoms with Crippen molar-refractivity contribution in [2.75, 3.05) is 13.1 Å². The molecule has 0 bridgehead atoms. The second-order valence-electron chi connectivity index (χ2n) is 8.49. The molecule has 2 fully saturated rings. The van der Waals surface area contributed by atoms with Crippen molar-refractivity contribution in [2.24, 2.45) is 7.05 Å². The van der Waals surface area contributed by atoms with Gasteiger partial charge in [-0.25, -0.2) is 4.98 Å². The number of aryl methyl sites for hydroxylation is 3. The van der Waals surface area contributed by atoms with Gasteiger partial charge in [-0.1, -0.05) is 0 Å². The summed E-state index contributed by atoms with van der Waals surface area (Å²) in [6, 6.07) is 3.65. The molecule has 1 amide bonds. The molecule has 0 unspecified atom stereocenters. The summed E-state index contributed by atoms with van der Waals surface area (Å²) in [7, 11) is 1.89. The summed E-state index contributed by atoms with van der Waals surface area (Å²) >= 11 is 0. The molecule has 0 spiro atoms. The van der Waals surface area contributed by atoms with E-state index in [1.165, 1.54) is 19.3 Å². The lowest BCUT2D eigenvalue weighted by atomic mass is 10.0. The predicted molar refractivity (Wildman–Crippen MR) is 107 cm³/mol. The van der Waals surface area contributed by atoms with Crippen LogP contribution in [-0.4, -0.2) is 61.7 Å². The fourth-order valence-corrected chi connectivity index (χ4v) is 5.23. The molecule has 0 aromatic carbocycles. The Balaban J connectivity index is 1.64. The highest BCUT2D eigenvalue weighted by Crippen LogP contribution is 2.31. The number of nitrogens with zero attached hydrogens (tertiary/aromatic N) is 5. The molecule has 2 saturated heterocycles. The highest BCUT2D eigenvalue weighted by Gasteiger charge is 2.36. The third kappa shape index (κ3) is 3.14. The van der Waals surface area contributed by atoms with Crippen molar-refractivity contribution in [1.82, 2.24) is 24.6 Å². The Morgan fingerprint density at radius 1 is 1.15 bits per heavy atom. The summed E-state index contributed by atoms with van der Waals surface area (Å²) < 4.78 is 1.78. The van der Waals surface area contributed by atoms with Gasteiger partial charge in [-0.15, -0.1) is 0 Å². The van der Waals surface area contributed by atoms with Crippen molar-refractivity contribution in [1.29, 1.82) is 0 Å².